The SMILES string of the molecule is C=C(Nc1ccc2c(c1)CCC2)N(CCCN(C)C)Cc1ccc(C(=O)Nc2ccccc2N)nc1. The van der Waals surface area contributed by atoms with Gasteiger partial charge in [0.25, 0.3) is 5.91 Å². The van der Waals surface area contributed by atoms with Crippen LogP contribution in [-0.4, -0.2) is 47.9 Å². The van der Waals surface area contributed by atoms with Crippen LogP contribution < -0.4 is 16.4 Å². The summed E-state index contributed by atoms with van der Waals surface area (Å²) < 4.78 is 0. The zero-order chi connectivity index (χ0) is 25.5. The molecule has 0 bridgehead atoms. The number of hydrogen-bond acceptors (Lipinski definition) is 6. The van der Waals surface area contributed by atoms with Crippen LogP contribution >= 0.6 is 0 Å². The number of nitrogens with two attached hydrogens (primary N) is 1. The Bertz CT molecular complexity index is 1200. The fourth-order valence-electron chi connectivity index (χ4n) is 4.45. The lowest BCUT2D eigenvalue weighted by atomic mass is 10.1. The van der Waals surface area contributed by atoms with E-state index in [1.807, 2.05) is 18.2 Å². The molecule has 7 heteroatoms. The molecule has 2 aromatic carbocycles. The minimum atomic E-state index is -0.287. The lowest BCUT2D eigenvalue weighted by molar-refractivity contribution is 0.102. The number of aromatic nitrogens is 1. The standard InChI is InChI=1S/C29H36N6O/c1-21(32-25-14-13-23-8-6-9-24(23)18-25)35(17-7-16-34(2)3)20-22-12-15-28(31-19-22)29(36)33-27-11-5-4-10-26(27)30/h4-5,10-15,18-19,32H,1,6-9,16-17,20,30H2,2-3H3,(H,33,36). The molecule has 36 heavy (non-hydrogen) atoms. The van der Waals surface area contributed by atoms with E-state index in [4.69, 9.17) is 5.73 Å². The van der Waals surface area contributed by atoms with Crippen molar-refractivity contribution < 1.29 is 4.79 Å². The predicted octanol–water partition coefficient (Wildman–Crippen LogP) is 4.74. The van der Waals surface area contributed by atoms with E-state index in [-0.39, 0.29) is 5.91 Å². The highest BCUT2D eigenvalue weighted by Crippen LogP contribution is 2.26. The molecule has 0 unspecified atom stereocenters. The molecule has 0 radical (unpaired) electrons. The molecule has 4 N–H and O–H groups in total. The van der Waals surface area contributed by atoms with Crippen molar-refractivity contribution in [2.75, 3.05) is 43.6 Å². The molecule has 1 aliphatic rings. The second-order valence-electron chi connectivity index (χ2n) is 9.58. The molecule has 4 rings (SSSR count). The first-order valence-corrected chi connectivity index (χ1v) is 12.5. The normalized spacial score (nSPS) is 12.3. The first kappa shape index (κ1) is 25.3. The zero-order valence-electron chi connectivity index (χ0n) is 21.3. The van der Waals surface area contributed by atoms with Gasteiger partial charge in [0.2, 0.25) is 0 Å². The van der Waals surface area contributed by atoms with Crippen molar-refractivity contribution >= 4 is 23.0 Å². The Morgan fingerprint density at radius 3 is 2.58 bits per heavy atom. The molecule has 0 spiro atoms. The Morgan fingerprint density at radius 2 is 1.83 bits per heavy atom. The number of carbonyl (C=O) groups excluding carboxylic acids is 1. The van der Waals surface area contributed by atoms with Gasteiger partial charge in [0, 0.05) is 25.0 Å². The van der Waals surface area contributed by atoms with E-state index in [1.165, 1.54) is 24.0 Å². The number of hydrogen-bond donors (Lipinski definition) is 3. The Labute approximate surface area is 214 Å². The topological polar surface area (TPSA) is 86.5 Å². The van der Waals surface area contributed by atoms with Gasteiger partial charge < -0.3 is 26.2 Å². The van der Waals surface area contributed by atoms with Gasteiger partial charge >= 0.3 is 0 Å². The molecule has 3 aromatic rings. The smallest absolute Gasteiger partial charge is 0.274 e. The van der Waals surface area contributed by atoms with E-state index in [1.54, 1.807) is 24.4 Å². The summed E-state index contributed by atoms with van der Waals surface area (Å²) in [7, 11) is 4.16. The maximum atomic E-state index is 12.6. The third kappa shape index (κ3) is 6.64. The van der Waals surface area contributed by atoms with Gasteiger partial charge in [0.05, 0.1) is 17.2 Å². The summed E-state index contributed by atoms with van der Waals surface area (Å²) in [5, 5.41) is 6.34. The van der Waals surface area contributed by atoms with Crippen molar-refractivity contribution in [3.8, 4) is 0 Å². The first-order valence-electron chi connectivity index (χ1n) is 12.5. The van der Waals surface area contributed by atoms with Crippen LogP contribution in [0.2, 0.25) is 0 Å². The minimum absolute atomic E-state index is 0.287. The molecular weight excluding hydrogens is 448 g/mol. The summed E-state index contributed by atoms with van der Waals surface area (Å²) in [6.07, 6.45) is 6.31. The molecule has 1 aromatic heterocycles. The number of fused-ring (bicyclic) bond motifs is 1. The molecule has 0 fully saturated rings. The van der Waals surface area contributed by atoms with Gasteiger partial charge in [-0.3, -0.25) is 9.78 Å². The second kappa shape index (κ2) is 11.7. The van der Waals surface area contributed by atoms with Crippen molar-refractivity contribution in [3.63, 3.8) is 0 Å². The summed E-state index contributed by atoms with van der Waals surface area (Å²) in [6, 6.07) is 17.5. The number of nitrogens with zero attached hydrogens (tertiary/aromatic N) is 3. The molecule has 0 saturated carbocycles. The van der Waals surface area contributed by atoms with Crippen molar-refractivity contribution in [2.45, 2.75) is 32.2 Å². The van der Waals surface area contributed by atoms with Crippen LogP contribution in [0.4, 0.5) is 17.1 Å². The number of pyridine rings is 1. The van der Waals surface area contributed by atoms with Gasteiger partial charge in [0.15, 0.2) is 0 Å². The summed E-state index contributed by atoms with van der Waals surface area (Å²) in [5.74, 6) is 0.568. The van der Waals surface area contributed by atoms with Crippen LogP contribution in [0.25, 0.3) is 0 Å². The average molecular weight is 485 g/mol. The lowest BCUT2D eigenvalue weighted by Crippen LogP contribution is -2.29. The molecule has 1 amide bonds. The van der Waals surface area contributed by atoms with E-state index < -0.39 is 0 Å². The zero-order valence-corrected chi connectivity index (χ0v) is 21.3. The van der Waals surface area contributed by atoms with Gasteiger partial charge in [-0.15, -0.1) is 0 Å². The molecule has 0 aliphatic heterocycles. The van der Waals surface area contributed by atoms with Crippen LogP contribution in [0.1, 0.15) is 40.0 Å². The number of aryl methyl sites for hydroxylation is 2. The second-order valence-corrected chi connectivity index (χ2v) is 9.58. The maximum Gasteiger partial charge on any atom is 0.274 e. The quantitative estimate of drug-likeness (QED) is 0.341. The fourth-order valence-corrected chi connectivity index (χ4v) is 4.45. The first-order chi connectivity index (χ1) is 17.4. The number of nitrogen functional groups attached to an aromatic ring is 1. The average Bonchev–Trinajstić information content (AvgIpc) is 3.33. The summed E-state index contributed by atoms with van der Waals surface area (Å²) in [4.78, 5) is 21.5. The largest absolute Gasteiger partial charge is 0.397 e. The van der Waals surface area contributed by atoms with E-state index in [2.05, 4.69) is 64.3 Å². The Morgan fingerprint density at radius 1 is 1.03 bits per heavy atom. The van der Waals surface area contributed by atoms with Crippen LogP contribution in [0.5, 0.6) is 0 Å². The number of benzene rings is 2. The summed E-state index contributed by atoms with van der Waals surface area (Å²) >= 11 is 0. The number of rotatable bonds is 11. The molecular formula is C29H36N6O. The molecule has 188 valence electrons. The highest BCUT2D eigenvalue weighted by molar-refractivity contribution is 6.04. The summed E-state index contributed by atoms with van der Waals surface area (Å²) in [5.41, 5.74) is 12.3. The Kier molecular flexibility index (Phi) is 8.23. The van der Waals surface area contributed by atoms with Crippen LogP contribution in [0.3, 0.4) is 0 Å². The van der Waals surface area contributed by atoms with Crippen LogP contribution in [0.15, 0.2) is 73.2 Å². The van der Waals surface area contributed by atoms with Crippen LogP contribution in [-0.2, 0) is 19.4 Å². The summed E-state index contributed by atoms with van der Waals surface area (Å²) in [6.45, 7) is 6.83. The van der Waals surface area contributed by atoms with Gasteiger partial charge in [-0.1, -0.05) is 30.8 Å². The molecule has 0 atom stereocenters. The number of anilines is 3. The number of carbonyl (C=O) groups is 1. The number of amides is 1. The maximum absolute atomic E-state index is 12.6. The highest BCUT2D eigenvalue weighted by Gasteiger charge is 2.14. The van der Waals surface area contributed by atoms with Gasteiger partial charge in [-0.2, -0.15) is 0 Å². The molecule has 1 heterocycles. The van der Waals surface area contributed by atoms with E-state index in [9.17, 15) is 4.79 Å². The van der Waals surface area contributed by atoms with E-state index >= 15 is 0 Å². The number of para-hydroxylation sites is 2. The van der Waals surface area contributed by atoms with Gasteiger partial charge in [0.1, 0.15) is 5.69 Å². The molecule has 0 saturated heterocycles. The Balaban J connectivity index is 1.42. The molecule has 1 aliphatic carbocycles. The fraction of sp³-hybridized carbons (Fsp3) is 0.310. The Hall–Kier alpha value is -3.84. The predicted molar refractivity (Wildman–Crippen MR) is 148 cm³/mol. The minimum Gasteiger partial charge on any atom is -0.397 e. The monoisotopic (exact) mass is 484 g/mol. The number of nitrogens with one attached hydrogen (secondary N) is 2. The van der Waals surface area contributed by atoms with Crippen molar-refractivity contribution in [1.82, 2.24) is 14.8 Å². The van der Waals surface area contributed by atoms with Crippen molar-refractivity contribution in [2.24, 2.45) is 0 Å². The van der Waals surface area contributed by atoms with Gasteiger partial charge in [-0.05, 0) is 93.3 Å². The molecule has 7 nitrogen and oxygen atoms in total. The third-order valence-corrected chi connectivity index (χ3v) is 6.44. The third-order valence-electron chi connectivity index (χ3n) is 6.44. The lowest BCUT2D eigenvalue weighted by Gasteiger charge is -2.28. The van der Waals surface area contributed by atoms with Gasteiger partial charge in [-0.25, -0.2) is 0 Å². The van der Waals surface area contributed by atoms with E-state index in [0.29, 0.717) is 23.6 Å². The van der Waals surface area contributed by atoms with Crippen molar-refractivity contribution in [3.05, 3.63) is 95.6 Å². The highest BCUT2D eigenvalue weighted by atomic mass is 16.1. The van der Waals surface area contributed by atoms with Crippen molar-refractivity contribution in [1.29, 1.82) is 0 Å². The van der Waals surface area contributed by atoms with E-state index in [0.717, 1.165) is 43.0 Å². The van der Waals surface area contributed by atoms with Crippen LogP contribution in [0, 0.1) is 0 Å².